The molecule has 0 bridgehead atoms. The van der Waals surface area contributed by atoms with Gasteiger partial charge in [0.15, 0.2) is 8.46 Å². The molecule has 0 heterocycles. The van der Waals surface area contributed by atoms with Crippen molar-refractivity contribution < 1.29 is 18.8 Å². The van der Waals surface area contributed by atoms with Gasteiger partial charge < -0.3 is 9.47 Å². The number of carbonyl (C=O) groups is 1. The molecule has 1 fully saturated rings. The lowest BCUT2D eigenvalue weighted by atomic mass is 9.82. The van der Waals surface area contributed by atoms with Gasteiger partial charge in [-0.15, -0.1) is 11.8 Å². The molecule has 0 amide bonds. The third-order valence-electron chi connectivity index (χ3n) is 5.06. The summed E-state index contributed by atoms with van der Waals surface area (Å²) in [6, 6.07) is 7.87. The zero-order valence-electron chi connectivity index (χ0n) is 16.4. The number of para-hydroxylation sites is 1. The van der Waals surface area contributed by atoms with Gasteiger partial charge in [0.05, 0.1) is 24.8 Å². The van der Waals surface area contributed by atoms with Crippen molar-refractivity contribution >= 4 is 26.2 Å². The lowest BCUT2D eigenvalue weighted by molar-refractivity contribution is -0.148. The van der Waals surface area contributed by atoms with Gasteiger partial charge in [-0.1, -0.05) is 44.2 Å². The van der Waals surface area contributed by atoms with Crippen molar-refractivity contribution in [1.29, 1.82) is 0 Å². The summed E-state index contributed by atoms with van der Waals surface area (Å²) in [6.45, 7) is 4.75. The van der Waals surface area contributed by atoms with E-state index >= 15 is 0 Å². The number of hydrogen-bond donors (Lipinski definition) is 0. The normalized spacial score (nSPS) is 17.4. The summed E-state index contributed by atoms with van der Waals surface area (Å²) < 4.78 is 23.0. The Hall–Kier alpha value is -1.06. The molecule has 2 unspecified atom stereocenters. The van der Waals surface area contributed by atoms with E-state index in [1.165, 1.54) is 32.1 Å². The quantitative estimate of drug-likeness (QED) is 0.255. The topological polar surface area (TPSA) is 52.6 Å². The molecule has 0 radical (unpaired) electrons. The summed E-state index contributed by atoms with van der Waals surface area (Å²) >= 11 is 1.61. The van der Waals surface area contributed by atoms with Crippen LogP contribution in [-0.4, -0.2) is 30.6 Å². The van der Waals surface area contributed by atoms with Crippen LogP contribution in [0.15, 0.2) is 29.2 Å². The van der Waals surface area contributed by atoms with Crippen LogP contribution in [0.2, 0.25) is 0 Å². The van der Waals surface area contributed by atoms with Gasteiger partial charge in [0.25, 0.3) is 0 Å². The first-order chi connectivity index (χ1) is 13.2. The third-order valence-corrected chi connectivity index (χ3v) is 7.29. The van der Waals surface area contributed by atoms with E-state index in [0.29, 0.717) is 24.9 Å². The predicted octanol–water partition coefficient (Wildman–Crippen LogP) is 5.99. The monoisotopic (exact) mass is 410 g/mol. The molecule has 0 aliphatic heterocycles. The number of ether oxygens (including phenoxy) is 2. The molecule has 0 aromatic heterocycles. The standard InChI is InChI=1S/C21H31O4PS/c1-3-24-18-12-8-9-13-20(18)27-15-19(26-23)17(21(22)25-4-2)14-16-10-6-5-7-11-16/h8-9,12-13,16-17,19H,3-7,10-11,14-15H2,1-2H3. The second-order valence-corrected chi connectivity index (χ2v) is 8.90. The van der Waals surface area contributed by atoms with E-state index in [9.17, 15) is 9.36 Å². The maximum atomic E-state index is 12.6. The Balaban J connectivity index is 2.06. The minimum Gasteiger partial charge on any atom is -0.493 e. The molecule has 1 saturated carbocycles. The van der Waals surface area contributed by atoms with Gasteiger partial charge in [0, 0.05) is 10.6 Å². The van der Waals surface area contributed by atoms with Crippen LogP contribution in [-0.2, 0) is 14.1 Å². The van der Waals surface area contributed by atoms with Crippen LogP contribution in [0.3, 0.4) is 0 Å². The fourth-order valence-electron chi connectivity index (χ4n) is 3.68. The highest BCUT2D eigenvalue weighted by atomic mass is 32.2. The van der Waals surface area contributed by atoms with Gasteiger partial charge in [0.2, 0.25) is 0 Å². The van der Waals surface area contributed by atoms with Crippen molar-refractivity contribution in [2.75, 3.05) is 19.0 Å². The fourth-order valence-corrected chi connectivity index (χ4v) is 5.57. The second kappa shape index (κ2) is 12.4. The predicted molar refractivity (Wildman–Crippen MR) is 111 cm³/mol. The molecular weight excluding hydrogens is 379 g/mol. The average molecular weight is 411 g/mol. The zero-order chi connectivity index (χ0) is 19.5. The number of esters is 1. The Morgan fingerprint density at radius 2 is 1.93 bits per heavy atom. The summed E-state index contributed by atoms with van der Waals surface area (Å²) in [5, 5.41) is 0. The molecule has 0 saturated heterocycles. The highest BCUT2D eigenvalue weighted by molar-refractivity contribution is 7.99. The Morgan fingerprint density at radius 3 is 2.59 bits per heavy atom. The zero-order valence-corrected chi connectivity index (χ0v) is 18.1. The Morgan fingerprint density at radius 1 is 1.19 bits per heavy atom. The molecule has 0 spiro atoms. The molecule has 1 aromatic rings. The van der Waals surface area contributed by atoms with Crippen LogP contribution in [0.25, 0.3) is 0 Å². The molecule has 1 aliphatic carbocycles. The summed E-state index contributed by atoms with van der Waals surface area (Å²) in [4.78, 5) is 13.6. The van der Waals surface area contributed by atoms with Crippen LogP contribution in [0.5, 0.6) is 5.75 Å². The Bertz CT molecular complexity index is 589. The van der Waals surface area contributed by atoms with E-state index in [-0.39, 0.29) is 26.0 Å². The maximum Gasteiger partial charge on any atom is 0.310 e. The van der Waals surface area contributed by atoms with E-state index in [2.05, 4.69) is 0 Å². The van der Waals surface area contributed by atoms with Crippen LogP contribution < -0.4 is 4.74 Å². The number of hydrogen-bond acceptors (Lipinski definition) is 5. The van der Waals surface area contributed by atoms with Crippen molar-refractivity contribution in [3.8, 4) is 5.75 Å². The average Bonchev–Trinajstić information content (AvgIpc) is 2.70. The molecule has 150 valence electrons. The lowest BCUT2D eigenvalue weighted by Gasteiger charge is -2.27. The minimum atomic E-state index is -0.307. The molecule has 1 aromatic carbocycles. The van der Waals surface area contributed by atoms with E-state index < -0.39 is 0 Å². The van der Waals surface area contributed by atoms with Crippen molar-refractivity contribution in [2.24, 2.45) is 11.8 Å². The molecule has 2 atom stereocenters. The van der Waals surface area contributed by atoms with Crippen LogP contribution in [0.4, 0.5) is 0 Å². The summed E-state index contributed by atoms with van der Waals surface area (Å²) in [6.07, 6.45) is 6.87. The summed E-state index contributed by atoms with van der Waals surface area (Å²) in [5.41, 5.74) is -0.245. The summed E-state index contributed by atoms with van der Waals surface area (Å²) in [5.74, 6) is 1.48. The minimum absolute atomic E-state index is 0.0156. The molecule has 1 aliphatic rings. The first-order valence-corrected chi connectivity index (χ1v) is 11.9. The highest BCUT2D eigenvalue weighted by Gasteiger charge is 2.33. The third kappa shape index (κ3) is 7.12. The van der Waals surface area contributed by atoms with E-state index in [4.69, 9.17) is 9.47 Å². The Kier molecular flexibility index (Phi) is 10.2. The van der Waals surface area contributed by atoms with Crippen LogP contribution in [0, 0.1) is 11.8 Å². The number of carbonyl (C=O) groups excluding carboxylic acids is 1. The molecule has 2 rings (SSSR count). The fraction of sp³-hybridized carbons (Fsp3) is 0.667. The maximum absolute atomic E-state index is 12.6. The molecule has 27 heavy (non-hydrogen) atoms. The molecule has 4 nitrogen and oxygen atoms in total. The van der Waals surface area contributed by atoms with E-state index in [1.54, 1.807) is 11.8 Å². The molecule has 0 N–H and O–H groups in total. The van der Waals surface area contributed by atoms with Crippen molar-refractivity contribution in [3.05, 3.63) is 24.3 Å². The number of thioether (sulfide) groups is 1. The van der Waals surface area contributed by atoms with Gasteiger partial charge in [-0.25, -0.2) is 0 Å². The second-order valence-electron chi connectivity index (χ2n) is 6.96. The molecule has 6 heteroatoms. The number of benzene rings is 1. The van der Waals surface area contributed by atoms with Gasteiger partial charge >= 0.3 is 5.97 Å². The smallest absolute Gasteiger partial charge is 0.310 e. The largest absolute Gasteiger partial charge is 0.493 e. The first-order valence-electron chi connectivity index (χ1n) is 10.0. The van der Waals surface area contributed by atoms with Crippen molar-refractivity contribution in [2.45, 2.75) is 62.9 Å². The first kappa shape index (κ1) is 22.2. The van der Waals surface area contributed by atoms with Crippen molar-refractivity contribution in [3.63, 3.8) is 0 Å². The SMILES string of the molecule is CCOC(=O)C(CC1CCCCC1)C(CSc1ccccc1OCC)P=O. The summed E-state index contributed by atoms with van der Waals surface area (Å²) in [7, 11) is 0.0156. The van der Waals surface area contributed by atoms with E-state index in [0.717, 1.165) is 17.1 Å². The van der Waals surface area contributed by atoms with Crippen molar-refractivity contribution in [1.82, 2.24) is 0 Å². The van der Waals surface area contributed by atoms with Crippen LogP contribution >= 0.6 is 20.2 Å². The van der Waals surface area contributed by atoms with Gasteiger partial charge in [-0.2, -0.15) is 0 Å². The highest BCUT2D eigenvalue weighted by Crippen LogP contribution is 2.37. The van der Waals surface area contributed by atoms with Gasteiger partial charge in [-0.3, -0.25) is 9.36 Å². The van der Waals surface area contributed by atoms with Crippen LogP contribution in [0.1, 0.15) is 52.4 Å². The van der Waals surface area contributed by atoms with E-state index in [1.807, 2.05) is 38.1 Å². The van der Waals surface area contributed by atoms with Gasteiger partial charge in [-0.05, 0) is 38.3 Å². The number of rotatable bonds is 11. The van der Waals surface area contributed by atoms with Gasteiger partial charge in [0.1, 0.15) is 5.75 Å². The lowest BCUT2D eigenvalue weighted by Crippen LogP contribution is -2.31. The molecular formula is C21H31O4PS. The Labute approximate surface area is 169 Å².